The maximum absolute atomic E-state index is 5.30. The second kappa shape index (κ2) is 7.13. The van der Waals surface area contributed by atoms with Crippen LogP contribution in [0, 0.1) is 5.41 Å². The topological polar surface area (TPSA) is 43.7 Å². The van der Waals surface area contributed by atoms with Crippen LogP contribution in [0.15, 0.2) is 64.8 Å². The molecule has 4 bridgehead atoms. The Balaban J connectivity index is 1.50. The van der Waals surface area contributed by atoms with Gasteiger partial charge in [-0.1, -0.05) is 42.5 Å². The summed E-state index contributed by atoms with van der Waals surface area (Å²) in [5, 5.41) is 9.30. The van der Waals surface area contributed by atoms with Crippen molar-refractivity contribution in [3.8, 4) is 5.75 Å². The Morgan fingerprint density at radius 3 is 2.25 bits per heavy atom. The molecule has 0 saturated carbocycles. The van der Waals surface area contributed by atoms with Gasteiger partial charge in [0.05, 0.1) is 44.5 Å². The molecule has 2 aromatic rings. The van der Waals surface area contributed by atoms with Crippen molar-refractivity contribution in [1.82, 2.24) is 14.7 Å². The molecule has 2 aromatic carbocycles. The van der Waals surface area contributed by atoms with E-state index in [0.717, 1.165) is 62.2 Å². The third-order valence-electron chi connectivity index (χ3n) is 5.79. The van der Waals surface area contributed by atoms with Crippen LogP contribution in [-0.4, -0.2) is 73.4 Å². The molecule has 6 nitrogen and oxygen atoms in total. The van der Waals surface area contributed by atoms with Crippen molar-refractivity contribution in [3.63, 3.8) is 0 Å². The van der Waals surface area contributed by atoms with Gasteiger partial charge in [-0.05, 0) is 23.3 Å². The van der Waals surface area contributed by atoms with Crippen molar-refractivity contribution >= 4 is 11.9 Å². The zero-order valence-electron chi connectivity index (χ0n) is 16.2. The molecule has 6 heteroatoms. The zero-order chi connectivity index (χ0) is 19.0. The van der Waals surface area contributed by atoms with Crippen molar-refractivity contribution in [1.29, 1.82) is 0 Å². The van der Waals surface area contributed by atoms with E-state index in [9.17, 15) is 0 Å². The summed E-state index contributed by atoms with van der Waals surface area (Å²) in [5.41, 5.74) is 3.24. The van der Waals surface area contributed by atoms with Gasteiger partial charge < -0.3 is 4.74 Å². The van der Waals surface area contributed by atoms with Crippen LogP contribution in [-0.2, 0) is 0 Å². The van der Waals surface area contributed by atoms with Gasteiger partial charge in [0.25, 0.3) is 0 Å². The van der Waals surface area contributed by atoms with Crippen molar-refractivity contribution in [2.75, 3.05) is 46.8 Å². The molecule has 4 aliphatic rings. The monoisotopic (exact) mass is 375 g/mol. The molecule has 0 atom stereocenters. The molecule has 28 heavy (non-hydrogen) atoms. The Morgan fingerprint density at radius 2 is 1.61 bits per heavy atom. The Hall–Kier alpha value is -2.54. The van der Waals surface area contributed by atoms with Crippen LogP contribution in [0.5, 0.6) is 5.75 Å². The summed E-state index contributed by atoms with van der Waals surface area (Å²) >= 11 is 0. The Morgan fingerprint density at radius 1 is 0.929 bits per heavy atom. The van der Waals surface area contributed by atoms with E-state index in [-0.39, 0.29) is 5.41 Å². The highest BCUT2D eigenvalue weighted by Crippen LogP contribution is 2.38. The first-order chi connectivity index (χ1) is 13.7. The van der Waals surface area contributed by atoms with Gasteiger partial charge in [-0.2, -0.15) is 10.2 Å². The fraction of sp³-hybridized carbons (Fsp3) is 0.364. The third kappa shape index (κ3) is 3.24. The molecular formula is C22H25N5O. The summed E-state index contributed by atoms with van der Waals surface area (Å²) < 4.78 is 5.30. The van der Waals surface area contributed by atoms with Crippen LogP contribution in [0.25, 0.3) is 0 Å². The summed E-state index contributed by atoms with van der Waals surface area (Å²) in [5.74, 6) is 0.825. The molecule has 0 spiro atoms. The fourth-order valence-corrected chi connectivity index (χ4v) is 4.88. The molecule has 0 N–H and O–H groups in total. The number of ether oxygens (including phenoxy) is 1. The minimum atomic E-state index is 0.00181. The Labute approximate surface area is 165 Å². The summed E-state index contributed by atoms with van der Waals surface area (Å²) in [7, 11) is 1.68. The first-order valence-electron chi connectivity index (χ1n) is 9.72. The third-order valence-corrected chi connectivity index (χ3v) is 5.79. The lowest BCUT2D eigenvalue weighted by Crippen LogP contribution is -2.74. The summed E-state index contributed by atoms with van der Waals surface area (Å²) in [4.78, 5) is 7.54. The Bertz CT molecular complexity index is 873. The van der Waals surface area contributed by atoms with Gasteiger partial charge in [-0.15, -0.1) is 0 Å². The van der Waals surface area contributed by atoms with E-state index in [2.05, 4.69) is 50.1 Å². The van der Waals surface area contributed by atoms with Gasteiger partial charge in [0, 0.05) is 19.6 Å². The second-order valence-corrected chi connectivity index (χ2v) is 8.03. The van der Waals surface area contributed by atoms with Crippen molar-refractivity contribution in [2.24, 2.45) is 15.6 Å². The van der Waals surface area contributed by atoms with Gasteiger partial charge in [-0.3, -0.25) is 14.7 Å². The number of hydrogen-bond donors (Lipinski definition) is 0. The highest BCUT2D eigenvalue weighted by molar-refractivity contribution is 6.05. The molecular weight excluding hydrogens is 350 g/mol. The molecule has 0 aliphatic carbocycles. The molecule has 6 rings (SSSR count). The van der Waals surface area contributed by atoms with E-state index < -0.39 is 0 Å². The van der Waals surface area contributed by atoms with Crippen LogP contribution >= 0.6 is 0 Å². The van der Waals surface area contributed by atoms with Crippen LogP contribution in [0.2, 0.25) is 0 Å². The number of benzene rings is 2. The van der Waals surface area contributed by atoms with Gasteiger partial charge in [0.1, 0.15) is 5.75 Å². The molecule has 4 heterocycles. The molecule has 0 amide bonds. The van der Waals surface area contributed by atoms with Crippen LogP contribution in [0.1, 0.15) is 11.1 Å². The lowest BCUT2D eigenvalue weighted by molar-refractivity contribution is -0.149. The first kappa shape index (κ1) is 17.6. The lowest BCUT2D eigenvalue weighted by Gasteiger charge is -2.60. The van der Waals surface area contributed by atoms with E-state index in [1.807, 2.05) is 30.5 Å². The van der Waals surface area contributed by atoms with Gasteiger partial charge in [0.15, 0.2) is 0 Å². The molecule has 0 radical (unpaired) electrons. The molecule has 144 valence electrons. The molecule has 0 unspecified atom stereocenters. The minimum Gasteiger partial charge on any atom is -0.497 e. The number of nitrogens with zero attached hydrogens (tertiary/aromatic N) is 5. The smallest absolute Gasteiger partial charge is 0.119 e. The molecule has 4 fully saturated rings. The number of methoxy groups -OCH3 is 1. The maximum atomic E-state index is 5.30. The second-order valence-electron chi connectivity index (χ2n) is 8.03. The van der Waals surface area contributed by atoms with Crippen molar-refractivity contribution in [3.05, 3.63) is 65.7 Å². The normalized spacial score (nSPS) is 31.5. The van der Waals surface area contributed by atoms with Gasteiger partial charge in [-0.25, -0.2) is 0 Å². The van der Waals surface area contributed by atoms with Gasteiger partial charge >= 0.3 is 0 Å². The SMILES string of the molecule is COc1cccc(C=NN=C(c2ccccc2)C23CN4CN(CN(C4)C2)C3)c1. The van der Waals surface area contributed by atoms with Crippen molar-refractivity contribution in [2.45, 2.75) is 0 Å². The van der Waals surface area contributed by atoms with E-state index >= 15 is 0 Å². The molecule has 0 aromatic heterocycles. The standard InChI is InChI=1S/C22H25N5O/c1-28-20-9-5-6-18(10-20)11-23-24-21(19-7-3-2-4-8-19)22-12-25-15-26(13-22)17-27(14-22)16-25/h2-11H,12-17H2,1H3. The summed E-state index contributed by atoms with van der Waals surface area (Å²) in [6.45, 7) is 6.32. The average molecular weight is 375 g/mol. The van der Waals surface area contributed by atoms with Crippen molar-refractivity contribution < 1.29 is 4.74 Å². The van der Waals surface area contributed by atoms with E-state index in [1.54, 1.807) is 7.11 Å². The average Bonchev–Trinajstić information content (AvgIpc) is 2.71. The fourth-order valence-electron chi connectivity index (χ4n) is 4.88. The number of rotatable bonds is 5. The summed E-state index contributed by atoms with van der Waals surface area (Å²) in [6, 6.07) is 18.4. The largest absolute Gasteiger partial charge is 0.497 e. The van der Waals surface area contributed by atoms with Crippen LogP contribution in [0.4, 0.5) is 0 Å². The van der Waals surface area contributed by atoms with Crippen LogP contribution in [0.3, 0.4) is 0 Å². The predicted octanol–water partition coefficient (Wildman–Crippen LogP) is 2.32. The highest BCUT2D eigenvalue weighted by atomic mass is 16.5. The Kier molecular flexibility index (Phi) is 4.47. The lowest BCUT2D eigenvalue weighted by atomic mass is 9.74. The van der Waals surface area contributed by atoms with Crippen LogP contribution < -0.4 is 4.74 Å². The predicted molar refractivity (Wildman–Crippen MR) is 111 cm³/mol. The maximum Gasteiger partial charge on any atom is 0.119 e. The van der Waals surface area contributed by atoms with E-state index in [4.69, 9.17) is 9.84 Å². The van der Waals surface area contributed by atoms with Gasteiger partial charge in [0.2, 0.25) is 0 Å². The molecule has 4 aliphatic heterocycles. The van der Waals surface area contributed by atoms with E-state index in [1.165, 1.54) is 0 Å². The zero-order valence-corrected chi connectivity index (χ0v) is 16.2. The highest BCUT2D eigenvalue weighted by Gasteiger charge is 2.51. The first-order valence-corrected chi connectivity index (χ1v) is 9.72. The summed E-state index contributed by atoms with van der Waals surface area (Å²) in [6.07, 6.45) is 1.81. The minimum absolute atomic E-state index is 0.00181. The quantitative estimate of drug-likeness (QED) is 0.594. The number of hydrogen-bond acceptors (Lipinski definition) is 6. The van der Waals surface area contributed by atoms with E-state index in [0.29, 0.717) is 0 Å². The molecule has 4 saturated heterocycles.